The van der Waals surface area contributed by atoms with E-state index in [9.17, 15) is 5.26 Å². The molecule has 2 aliphatic heterocycles. The molecule has 0 spiro atoms. The molecule has 0 aliphatic carbocycles. The van der Waals surface area contributed by atoms with Gasteiger partial charge < -0.3 is 5.32 Å². The quantitative estimate of drug-likeness (QED) is 0.864. The van der Waals surface area contributed by atoms with Gasteiger partial charge in [-0.05, 0) is 44.4 Å². The van der Waals surface area contributed by atoms with Gasteiger partial charge in [-0.1, -0.05) is 12.1 Å². The molecular weight excluding hydrogens is 222 g/mol. The Kier molecular flexibility index (Phi) is 2.97. The topological polar surface area (TPSA) is 39.1 Å². The lowest BCUT2D eigenvalue weighted by molar-refractivity contribution is 0.318. The third-order valence-electron chi connectivity index (χ3n) is 4.33. The molecule has 3 heteroatoms. The van der Waals surface area contributed by atoms with Crippen molar-refractivity contribution >= 4 is 5.69 Å². The molecule has 2 aliphatic rings. The summed E-state index contributed by atoms with van der Waals surface area (Å²) in [5.41, 5.74) is 2.98. The van der Waals surface area contributed by atoms with Gasteiger partial charge in [-0.25, -0.2) is 0 Å². The number of hydrogen-bond acceptors (Lipinski definition) is 3. The van der Waals surface area contributed by atoms with Crippen LogP contribution in [0.4, 0.5) is 5.69 Å². The maximum Gasteiger partial charge on any atom is 0.101 e. The van der Waals surface area contributed by atoms with Crippen molar-refractivity contribution in [2.45, 2.75) is 38.3 Å². The standard InChI is InChI=1S/C15H19N3/c1-11-4-2-5-12(10-16)15(11)17-13-7-9-18-8-3-6-14(13)18/h2,4-5,13-14,17H,3,6-9H2,1H3. The van der Waals surface area contributed by atoms with Crippen LogP contribution in [-0.4, -0.2) is 30.1 Å². The van der Waals surface area contributed by atoms with E-state index in [1.165, 1.54) is 37.9 Å². The molecule has 1 N–H and O–H groups in total. The van der Waals surface area contributed by atoms with Crippen molar-refractivity contribution in [3.8, 4) is 6.07 Å². The van der Waals surface area contributed by atoms with Crippen LogP contribution in [0.3, 0.4) is 0 Å². The number of benzene rings is 1. The predicted octanol–water partition coefficient (Wildman–Crippen LogP) is 2.52. The summed E-state index contributed by atoms with van der Waals surface area (Å²) in [4.78, 5) is 2.59. The summed E-state index contributed by atoms with van der Waals surface area (Å²) in [6, 6.07) is 9.41. The fourth-order valence-electron chi connectivity index (χ4n) is 3.39. The van der Waals surface area contributed by atoms with Crippen LogP contribution in [0.15, 0.2) is 18.2 Å². The fourth-order valence-corrected chi connectivity index (χ4v) is 3.39. The van der Waals surface area contributed by atoms with Crippen molar-refractivity contribution < 1.29 is 0 Å². The average molecular weight is 241 g/mol. The minimum Gasteiger partial charge on any atom is -0.379 e. The normalized spacial score (nSPS) is 26.9. The second-order valence-corrected chi connectivity index (χ2v) is 5.39. The molecule has 0 saturated carbocycles. The highest BCUT2D eigenvalue weighted by molar-refractivity contribution is 5.62. The number of rotatable bonds is 2. The van der Waals surface area contributed by atoms with E-state index in [1.807, 2.05) is 12.1 Å². The van der Waals surface area contributed by atoms with Gasteiger partial charge in [0.2, 0.25) is 0 Å². The van der Waals surface area contributed by atoms with E-state index in [0.29, 0.717) is 12.1 Å². The Morgan fingerprint density at radius 2 is 2.22 bits per heavy atom. The van der Waals surface area contributed by atoms with Crippen LogP contribution in [0, 0.1) is 18.3 Å². The predicted molar refractivity (Wildman–Crippen MR) is 72.5 cm³/mol. The van der Waals surface area contributed by atoms with E-state index in [1.54, 1.807) is 0 Å². The van der Waals surface area contributed by atoms with Gasteiger partial charge in [0.25, 0.3) is 0 Å². The Hall–Kier alpha value is -1.53. The maximum atomic E-state index is 9.20. The average Bonchev–Trinajstić information content (AvgIpc) is 2.96. The zero-order chi connectivity index (χ0) is 12.5. The molecule has 3 nitrogen and oxygen atoms in total. The molecule has 94 valence electrons. The summed E-state index contributed by atoms with van der Waals surface area (Å²) >= 11 is 0. The van der Waals surface area contributed by atoms with Gasteiger partial charge in [-0.15, -0.1) is 0 Å². The summed E-state index contributed by atoms with van der Waals surface area (Å²) in [7, 11) is 0. The molecule has 0 radical (unpaired) electrons. The second-order valence-electron chi connectivity index (χ2n) is 5.39. The number of nitriles is 1. The molecule has 18 heavy (non-hydrogen) atoms. The molecule has 2 atom stereocenters. The Morgan fingerprint density at radius 1 is 1.33 bits per heavy atom. The minimum absolute atomic E-state index is 0.515. The van der Waals surface area contributed by atoms with Crippen LogP contribution in [0.1, 0.15) is 30.4 Å². The number of para-hydroxylation sites is 1. The highest BCUT2D eigenvalue weighted by atomic mass is 15.2. The lowest BCUT2D eigenvalue weighted by atomic mass is 10.0. The highest BCUT2D eigenvalue weighted by Gasteiger charge is 2.37. The molecule has 0 bridgehead atoms. The van der Waals surface area contributed by atoms with Crippen molar-refractivity contribution in [3.05, 3.63) is 29.3 Å². The van der Waals surface area contributed by atoms with E-state index in [4.69, 9.17) is 0 Å². The molecule has 2 saturated heterocycles. The van der Waals surface area contributed by atoms with Crippen LogP contribution in [0.25, 0.3) is 0 Å². The van der Waals surface area contributed by atoms with Gasteiger partial charge in [0.05, 0.1) is 11.3 Å². The van der Waals surface area contributed by atoms with Gasteiger partial charge >= 0.3 is 0 Å². The lowest BCUT2D eigenvalue weighted by Gasteiger charge is -2.23. The van der Waals surface area contributed by atoms with Crippen LogP contribution in [0.2, 0.25) is 0 Å². The molecule has 3 rings (SSSR count). The van der Waals surface area contributed by atoms with Crippen LogP contribution < -0.4 is 5.32 Å². The van der Waals surface area contributed by atoms with Gasteiger partial charge in [0.15, 0.2) is 0 Å². The van der Waals surface area contributed by atoms with E-state index in [2.05, 4.69) is 29.3 Å². The smallest absolute Gasteiger partial charge is 0.101 e. The maximum absolute atomic E-state index is 9.20. The van der Waals surface area contributed by atoms with E-state index in [-0.39, 0.29) is 0 Å². The number of nitrogens with zero attached hydrogens (tertiary/aromatic N) is 2. The van der Waals surface area contributed by atoms with E-state index < -0.39 is 0 Å². The van der Waals surface area contributed by atoms with Gasteiger partial charge in [0, 0.05) is 18.6 Å². The Morgan fingerprint density at radius 3 is 3.06 bits per heavy atom. The molecular formula is C15H19N3. The second kappa shape index (κ2) is 4.62. The largest absolute Gasteiger partial charge is 0.379 e. The van der Waals surface area contributed by atoms with Gasteiger partial charge in [-0.2, -0.15) is 5.26 Å². The molecule has 2 unspecified atom stereocenters. The third-order valence-corrected chi connectivity index (χ3v) is 4.33. The monoisotopic (exact) mass is 241 g/mol. The summed E-state index contributed by atoms with van der Waals surface area (Å²) < 4.78 is 0. The van der Waals surface area contributed by atoms with Crippen molar-refractivity contribution in [1.82, 2.24) is 4.90 Å². The molecule has 1 aromatic rings. The summed E-state index contributed by atoms with van der Waals surface area (Å²) in [5.74, 6) is 0. The number of nitrogens with one attached hydrogen (secondary N) is 1. The van der Waals surface area contributed by atoms with E-state index in [0.717, 1.165) is 11.3 Å². The van der Waals surface area contributed by atoms with Gasteiger partial charge in [0.1, 0.15) is 6.07 Å². The Balaban J connectivity index is 1.83. The Labute approximate surface area is 108 Å². The SMILES string of the molecule is Cc1cccc(C#N)c1NC1CCN2CCCC12. The van der Waals surface area contributed by atoms with Crippen LogP contribution in [-0.2, 0) is 0 Å². The first-order chi connectivity index (χ1) is 8.79. The Bertz CT molecular complexity index is 489. The van der Waals surface area contributed by atoms with Crippen LogP contribution >= 0.6 is 0 Å². The zero-order valence-electron chi connectivity index (χ0n) is 10.8. The molecule has 2 heterocycles. The van der Waals surface area contributed by atoms with Gasteiger partial charge in [-0.3, -0.25) is 4.90 Å². The highest BCUT2D eigenvalue weighted by Crippen LogP contribution is 2.31. The van der Waals surface area contributed by atoms with E-state index >= 15 is 0 Å². The zero-order valence-corrected chi connectivity index (χ0v) is 10.8. The molecule has 2 fully saturated rings. The third kappa shape index (κ3) is 1.87. The van der Waals surface area contributed by atoms with Crippen molar-refractivity contribution in [3.63, 3.8) is 0 Å². The van der Waals surface area contributed by atoms with Crippen LogP contribution in [0.5, 0.6) is 0 Å². The van der Waals surface area contributed by atoms with Crippen molar-refractivity contribution in [1.29, 1.82) is 5.26 Å². The summed E-state index contributed by atoms with van der Waals surface area (Å²) in [5, 5.41) is 12.8. The first-order valence-corrected chi connectivity index (χ1v) is 6.80. The number of hydrogen-bond donors (Lipinski definition) is 1. The molecule has 1 aromatic carbocycles. The molecule has 0 aromatic heterocycles. The fraction of sp³-hybridized carbons (Fsp3) is 0.533. The lowest BCUT2D eigenvalue weighted by Crippen LogP contribution is -2.34. The summed E-state index contributed by atoms with van der Waals surface area (Å²) in [6.45, 7) is 4.53. The first-order valence-electron chi connectivity index (χ1n) is 6.80. The van der Waals surface area contributed by atoms with Crippen molar-refractivity contribution in [2.75, 3.05) is 18.4 Å². The number of fused-ring (bicyclic) bond motifs is 1. The van der Waals surface area contributed by atoms with Crippen molar-refractivity contribution in [2.24, 2.45) is 0 Å². The number of anilines is 1. The minimum atomic E-state index is 0.515. The summed E-state index contributed by atoms with van der Waals surface area (Å²) in [6.07, 6.45) is 3.82. The first kappa shape index (κ1) is 11.6. The molecule has 0 amide bonds. The number of aryl methyl sites for hydroxylation is 1.